The number of benzene rings is 1. The molecule has 9 nitrogen and oxygen atoms in total. The van der Waals surface area contributed by atoms with Crippen LogP contribution in [-0.2, 0) is 9.59 Å². The van der Waals surface area contributed by atoms with Crippen LogP contribution in [0, 0.1) is 6.92 Å². The SMILES string of the molecule is Cc1noc(C2CCN(C(=O)C3=NN(c4ccccc4)C(C(=O)O)C3)CC2)n1. The Morgan fingerprint density at radius 1 is 1.18 bits per heavy atom. The third-order valence-corrected chi connectivity index (χ3v) is 5.14. The number of carboxylic acid groups (broad SMARTS) is 1. The van der Waals surface area contributed by atoms with Crippen LogP contribution in [0.3, 0.4) is 0 Å². The Bertz CT molecular complexity index is 902. The van der Waals surface area contributed by atoms with Crippen molar-refractivity contribution in [3.8, 4) is 0 Å². The van der Waals surface area contributed by atoms with Crippen LogP contribution in [0.4, 0.5) is 5.69 Å². The summed E-state index contributed by atoms with van der Waals surface area (Å²) < 4.78 is 5.24. The van der Waals surface area contributed by atoms with Crippen LogP contribution >= 0.6 is 0 Å². The Hall–Kier alpha value is -3.23. The molecule has 0 spiro atoms. The number of likely N-dealkylation sites (tertiary alicyclic amines) is 1. The summed E-state index contributed by atoms with van der Waals surface area (Å²) in [6.07, 6.45) is 1.54. The number of carboxylic acids is 1. The number of aromatic nitrogens is 2. The molecule has 1 aromatic heterocycles. The number of piperidine rings is 1. The van der Waals surface area contributed by atoms with E-state index in [1.807, 2.05) is 18.2 Å². The molecule has 4 rings (SSSR count). The lowest BCUT2D eigenvalue weighted by molar-refractivity contribution is -0.138. The molecule has 2 aliphatic rings. The third-order valence-electron chi connectivity index (χ3n) is 5.14. The maximum atomic E-state index is 12.9. The molecule has 2 aromatic rings. The van der Waals surface area contributed by atoms with E-state index < -0.39 is 12.0 Å². The first-order valence-corrected chi connectivity index (χ1v) is 9.27. The monoisotopic (exact) mass is 383 g/mol. The molecule has 9 heteroatoms. The quantitative estimate of drug-likeness (QED) is 0.857. The van der Waals surface area contributed by atoms with Crippen molar-refractivity contribution in [2.45, 2.75) is 38.1 Å². The Morgan fingerprint density at radius 2 is 1.89 bits per heavy atom. The molecule has 0 aliphatic carbocycles. The Kier molecular flexibility index (Phi) is 4.81. The van der Waals surface area contributed by atoms with Gasteiger partial charge in [-0.25, -0.2) is 4.79 Å². The van der Waals surface area contributed by atoms with Gasteiger partial charge in [-0.05, 0) is 31.9 Å². The standard InChI is InChI=1S/C19H21N5O4/c1-12-20-17(28-22-12)13-7-9-23(10-8-13)18(25)15-11-16(19(26)27)24(21-15)14-5-3-2-4-6-14/h2-6,13,16H,7-11H2,1H3,(H,26,27). The van der Waals surface area contributed by atoms with E-state index in [0.29, 0.717) is 30.5 Å². The number of rotatable bonds is 4. The van der Waals surface area contributed by atoms with E-state index in [9.17, 15) is 14.7 Å². The van der Waals surface area contributed by atoms with Crippen molar-refractivity contribution in [1.29, 1.82) is 0 Å². The number of aryl methyl sites for hydroxylation is 1. The summed E-state index contributed by atoms with van der Waals surface area (Å²) in [4.78, 5) is 30.6. The predicted molar refractivity (Wildman–Crippen MR) is 100.0 cm³/mol. The van der Waals surface area contributed by atoms with Crippen LogP contribution < -0.4 is 5.01 Å². The second-order valence-electron chi connectivity index (χ2n) is 7.03. The lowest BCUT2D eigenvalue weighted by atomic mass is 9.96. The van der Waals surface area contributed by atoms with Gasteiger partial charge in [0, 0.05) is 25.4 Å². The second kappa shape index (κ2) is 7.41. The molecule has 1 atom stereocenters. The van der Waals surface area contributed by atoms with Crippen molar-refractivity contribution in [1.82, 2.24) is 15.0 Å². The zero-order valence-corrected chi connectivity index (χ0v) is 15.5. The molecule has 1 aromatic carbocycles. The molecule has 1 amide bonds. The highest BCUT2D eigenvalue weighted by molar-refractivity contribution is 6.40. The van der Waals surface area contributed by atoms with Crippen LogP contribution in [0.2, 0.25) is 0 Å². The molecule has 0 bridgehead atoms. The van der Waals surface area contributed by atoms with E-state index in [4.69, 9.17) is 4.52 Å². The molecule has 0 radical (unpaired) electrons. The topological polar surface area (TPSA) is 112 Å². The summed E-state index contributed by atoms with van der Waals surface area (Å²) in [7, 11) is 0. The van der Waals surface area contributed by atoms with Crippen molar-refractivity contribution in [3.63, 3.8) is 0 Å². The minimum atomic E-state index is -0.999. The number of carbonyl (C=O) groups is 2. The van der Waals surface area contributed by atoms with Crippen LogP contribution in [0.5, 0.6) is 0 Å². The minimum absolute atomic E-state index is 0.0891. The molecule has 1 N–H and O–H groups in total. The summed E-state index contributed by atoms with van der Waals surface area (Å²) >= 11 is 0. The highest BCUT2D eigenvalue weighted by atomic mass is 16.5. The number of hydrogen-bond acceptors (Lipinski definition) is 7. The molecule has 1 unspecified atom stereocenters. The van der Waals surface area contributed by atoms with Gasteiger partial charge < -0.3 is 14.5 Å². The highest BCUT2D eigenvalue weighted by Gasteiger charge is 2.38. The van der Waals surface area contributed by atoms with Crippen LogP contribution in [0.1, 0.15) is 36.9 Å². The van der Waals surface area contributed by atoms with Gasteiger partial charge in [0.05, 0.1) is 5.69 Å². The molecule has 0 saturated carbocycles. The number of nitrogens with zero attached hydrogens (tertiary/aromatic N) is 5. The summed E-state index contributed by atoms with van der Waals surface area (Å²) in [6, 6.07) is 8.16. The Balaban J connectivity index is 1.45. The number of hydrazone groups is 1. The summed E-state index contributed by atoms with van der Waals surface area (Å²) in [5, 5.41) is 19.2. The van der Waals surface area contributed by atoms with E-state index in [1.165, 1.54) is 5.01 Å². The molecule has 146 valence electrons. The van der Waals surface area contributed by atoms with E-state index >= 15 is 0 Å². The van der Waals surface area contributed by atoms with Crippen molar-refractivity contribution >= 4 is 23.3 Å². The van der Waals surface area contributed by atoms with Gasteiger partial charge in [-0.3, -0.25) is 9.80 Å². The molecular weight excluding hydrogens is 362 g/mol. The van der Waals surface area contributed by atoms with E-state index in [1.54, 1.807) is 24.0 Å². The van der Waals surface area contributed by atoms with Gasteiger partial charge in [-0.2, -0.15) is 10.1 Å². The zero-order chi connectivity index (χ0) is 19.7. The average Bonchev–Trinajstić information content (AvgIpc) is 3.35. The Labute approximate surface area is 161 Å². The van der Waals surface area contributed by atoms with Crippen molar-refractivity contribution in [3.05, 3.63) is 42.0 Å². The van der Waals surface area contributed by atoms with E-state index in [-0.39, 0.29) is 24.0 Å². The minimum Gasteiger partial charge on any atom is -0.480 e. The lowest BCUT2D eigenvalue weighted by Crippen LogP contribution is -2.42. The highest BCUT2D eigenvalue weighted by Crippen LogP contribution is 2.29. The van der Waals surface area contributed by atoms with Crippen LogP contribution in [-0.4, -0.2) is 56.9 Å². The fraction of sp³-hybridized carbons (Fsp3) is 0.421. The van der Waals surface area contributed by atoms with Gasteiger partial charge in [0.1, 0.15) is 5.71 Å². The number of carbonyl (C=O) groups excluding carboxylic acids is 1. The first-order valence-electron chi connectivity index (χ1n) is 9.27. The molecule has 28 heavy (non-hydrogen) atoms. The van der Waals surface area contributed by atoms with Crippen LogP contribution in [0.15, 0.2) is 40.0 Å². The number of aliphatic carboxylic acids is 1. The zero-order valence-electron chi connectivity index (χ0n) is 15.5. The van der Waals surface area contributed by atoms with Crippen molar-refractivity contribution < 1.29 is 19.2 Å². The van der Waals surface area contributed by atoms with Gasteiger partial charge >= 0.3 is 5.97 Å². The first kappa shape index (κ1) is 18.1. The molecule has 3 heterocycles. The van der Waals surface area contributed by atoms with Gasteiger partial charge in [0.2, 0.25) is 5.89 Å². The Morgan fingerprint density at radius 3 is 2.50 bits per heavy atom. The summed E-state index contributed by atoms with van der Waals surface area (Å²) in [6.45, 7) is 2.88. The largest absolute Gasteiger partial charge is 0.480 e. The van der Waals surface area contributed by atoms with Crippen LogP contribution in [0.25, 0.3) is 0 Å². The molecule has 2 aliphatic heterocycles. The van der Waals surface area contributed by atoms with Gasteiger partial charge in [0.15, 0.2) is 11.9 Å². The summed E-state index contributed by atoms with van der Waals surface area (Å²) in [5.74, 6) is 0.160. The normalized spacial score (nSPS) is 20.3. The number of amides is 1. The molecule has 1 saturated heterocycles. The fourth-order valence-corrected chi connectivity index (χ4v) is 3.64. The fourth-order valence-electron chi connectivity index (χ4n) is 3.64. The van der Waals surface area contributed by atoms with Crippen molar-refractivity contribution in [2.24, 2.45) is 5.10 Å². The summed E-state index contributed by atoms with van der Waals surface area (Å²) in [5.41, 5.74) is 0.937. The van der Waals surface area contributed by atoms with Crippen molar-refractivity contribution in [2.75, 3.05) is 18.1 Å². The first-order chi connectivity index (χ1) is 13.5. The lowest BCUT2D eigenvalue weighted by Gasteiger charge is -2.30. The van der Waals surface area contributed by atoms with Gasteiger partial charge in [0.25, 0.3) is 5.91 Å². The number of anilines is 1. The van der Waals surface area contributed by atoms with Gasteiger partial charge in [-0.1, -0.05) is 23.4 Å². The molecular formula is C19H21N5O4. The molecule has 1 fully saturated rings. The van der Waals surface area contributed by atoms with Gasteiger partial charge in [-0.15, -0.1) is 0 Å². The van der Waals surface area contributed by atoms with E-state index in [0.717, 1.165) is 12.8 Å². The maximum absolute atomic E-state index is 12.9. The number of hydrogen-bond donors (Lipinski definition) is 1. The smallest absolute Gasteiger partial charge is 0.328 e. The predicted octanol–water partition coefficient (Wildman–Crippen LogP) is 1.80. The second-order valence-corrected chi connectivity index (χ2v) is 7.03. The van der Waals surface area contributed by atoms with E-state index in [2.05, 4.69) is 15.2 Å². The average molecular weight is 383 g/mol. The third kappa shape index (κ3) is 3.47. The maximum Gasteiger partial charge on any atom is 0.328 e. The number of para-hydroxylation sites is 1.